The van der Waals surface area contributed by atoms with E-state index in [0.29, 0.717) is 25.3 Å². The highest BCUT2D eigenvalue weighted by molar-refractivity contribution is 7.87. The minimum atomic E-state index is -4.15. The molecule has 3 N–H and O–H groups in total. The van der Waals surface area contributed by atoms with Crippen molar-refractivity contribution in [2.75, 3.05) is 20.6 Å². The molecule has 1 aromatic heterocycles. The molecule has 3 aliphatic rings. The lowest BCUT2D eigenvalue weighted by atomic mass is 10.0. The number of carbonyl (C=O) groups is 4. The standard InChI is InChI=1S/C35H51N7O8S/c1-22(2)42-27-18-14-13-16-25(27)36-32(42)49-24-19-28-29(43)38-35(31(45)39-51(47,48)40(6)7)20-23(35)15-11-9-8-10-12-17-26(30(44)41(28)21-24)37-33(46)50-34(3,4)5/h11,13-16,18,22-24,26,28H,8-10,12,17,19-21H2,1-7H3,(H,37,46)(H,38,43)(H,39,45)/t23-,24-,26+,28+,35-/m1/s1. The first-order valence-corrected chi connectivity index (χ1v) is 19.0. The van der Waals surface area contributed by atoms with Gasteiger partial charge in [0.1, 0.15) is 29.3 Å². The quantitative estimate of drug-likeness (QED) is 0.361. The number of hydrogen-bond donors (Lipinski definition) is 3. The molecule has 4 amide bonds. The number of alkyl carbamates (subject to hydrolysis) is 1. The minimum Gasteiger partial charge on any atom is -0.459 e. The summed E-state index contributed by atoms with van der Waals surface area (Å²) in [5.74, 6) is -2.43. The Morgan fingerprint density at radius 3 is 2.53 bits per heavy atom. The molecule has 51 heavy (non-hydrogen) atoms. The monoisotopic (exact) mass is 729 g/mol. The molecule has 5 rings (SSSR count). The maximum atomic E-state index is 14.4. The molecule has 1 aliphatic carbocycles. The van der Waals surface area contributed by atoms with Crippen molar-refractivity contribution in [1.82, 2.24) is 34.1 Å². The van der Waals surface area contributed by atoms with Gasteiger partial charge in [0.15, 0.2) is 0 Å². The number of fused-ring (bicyclic) bond motifs is 3. The molecular formula is C35H51N7O8S. The lowest BCUT2D eigenvalue weighted by Crippen LogP contribution is -2.58. The van der Waals surface area contributed by atoms with Crippen molar-refractivity contribution in [3.63, 3.8) is 0 Å². The third-order valence-electron chi connectivity index (χ3n) is 9.39. The zero-order valence-corrected chi connectivity index (χ0v) is 31.3. The molecule has 1 saturated heterocycles. The van der Waals surface area contributed by atoms with E-state index in [4.69, 9.17) is 14.5 Å². The maximum Gasteiger partial charge on any atom is 0.408 e. The summed E-state index contributed by atoms with van der Waals surface area (Å²) in [5, 5.41) is 5.58. The van der Waals surface area contributed by atoms with Crippen LogP contribution >= 0.6 is 0 Å². The van der Waals surface area contributed by atoms with Gasteiger partial charge in [-0.1, -0.05) is 37.1 Å². The molecule has 2 fully saturated rings. The molecule has 15 nitrogen and oxygen atoms in total. The van der Waals surface area contributed by atoms with Gasteiger partial charge in [-0.2, -0.15) is 17.7 Å². The Labute approximate surface area is 299 Å². The summed E-state index contributed by atoms with van der Waals surface area (Å²) in [6.45, 7) is 9.20. The molecule has 0 bridgehead atoms. The fraction of sp³-hybridized carbons (Fsp3) is 0.629. The van der Waals surface area contributed by atoms with Crippen molar-refractivity contribution < 1.29 is 37.1 Å². The van der Waals surface area contributed by atoms with Crippen LogP contribution in [0.3, 0.4) is 0 Å². The third kappa shape index (κ3) is 8.66. The zero-order valence-electron chi connectivity index (χ0n) is 30.5. The molecule has 2 aliphatic heterocycles. The molecule has 280 valence electrons. The second kappa shape index (κ2) is 14.8. The van der Waals surface area contributed by atoms with Crippen LogP contribution in [0.15, 0.2) is 36.4 Å². The van der Waals surface area contributed by atoms with Crippen LogP contribution in [0.2, 0.25) is 0 Å². The van der Waals surface area contributed by atoms with Gasteiger partial charge < -0.3 is 25.0 Å². The smallest absolute Gasteiger partial charge is 0.408 e. The fourth-order valence-electron chi connectivity index (χ4n) is 6.67. The van der Waals surface area contributed by atoms with Crippen LogP contribution in [0, 0.1) is 5.92 Å². The van der Waals surface area contributed by atoms with E-state index in [-0.39, 0.29) is 25.4 Å². The number of hydrogen-bond acceptors (Lipinski definition) is 9. The van der Waals surface area contributed by atoms with E-state index in [2.05, 4.69) is 15.4 Å². The molecule has 1 saturated carbocycles. The zero-order chi connectivity index (χ0) is 37.3. The van der Waals surface area contributed by atoms with E-state index in [0.717, 1.165) is 28.2 Å². The first-order chi connectivity index (χ1) is 23.9. The van der Waals surface area contributed by atoms with E-state index in [9.17, 15) is 27.6 Å². The van der Waals surface area contributed by atoms with E-state index in [1.165, 1.54) is 19.0 Å². The SMILES string of the molecule is CC(C)n1c(O[C@@H]2C[C@H]3C(=O)N[C@]4(C(=O)NS(=O)(=O)N(C)C)C[C@H]4C=CCCCCC[C@H](NC(=O)OC(C)(C)C)C(=O)N3C2)nc2ccccc21. The first-order valence-electron chi connectivity index (χ1n) is 17.6. The Kier molecular flexibility index (Phi) is 11.1. The number of benzene rings is 1. The second-order valence-electron chi connectivity index (χ2n) is 15.1. The van der Waals surface area contributed by atoms with Crippen LogP contribution in [-0.4, -0.2) is 101 Å². The van der Waals surface area contributed by atoms with Crippen LogP contribution in [-0.2, 0) is 29.3 Å². The molecule has 0 radical (unpaired) electrons. The van der Waals surface area contributed by atoms with E-state index in [1.807, 2.05) is 54.8 Å². The average Bonchev–Trinajstić information content (AvgIpc) is 3.36. The van der Waals surface area contributed by atoms with Gasteiger partial charge in [0.25, 0.3) is 11.9 Å². The van der Waals surface area contributed by atoms with Crippen LogP contribution in [0.4, 0.5) is 4.79 Å². The number of ether oxygens (including phenoxy) is 2. The lowest BCUT2D eigenvalue weighted by Gasteiger charge is -2.30. The highest BCUT2D eigenvalue weighted by Gasteiger charge is 2.61. The summed E-state index contributed by atoms with van der Waals surface area (Å²) in [7, 11) is -1.56. The number of nitrogens with one attached hydrogen (secondary N) is 3. The van der Waals surface area contributed by atoms with E-state index < -0.39 is 69.3 Å². The van der Waals surface area contributed by atoms with Gasteiger partial charge in [-0.3, -0.25) is 19.0 Å². The molecule has 3 heterocycles. The molecule has 0 unspecified atom stereocenters. The minimum absolute atomic E-state index is 0.00224. The van der Waals surface area contributed by atoms with Gasteiger partial charge in [0.05, 0.1) is 17.6 Å². The number of aromatic nitrogens is 2. The van der Waals surface area contributed by atoms with Crippen molar-refractivity contribution in [1.29, 1.82) is 0 Å². The topological polar surface area (TPSA) is 181 Å². The van der Waals surface area contributed by atoms with Gasteiger partial charge in [-0.25, -0.2) is 9.52 Å². The van der Waals surface area contributed by atoms with Crippen LogP contribution < -0.4 is 20.1 Å². The number of nitrogens with zero attached hydrogens (tertiary/aromatic N) is 4. The number of carbonyl (C=O) groups excluding carboxylic acids is 4. The van der Waals surface area contributed by atoms with Gasteiger partial charge >= 0.3 is 16.3 Å². The average molecular weight is 730 g/mol. The van der Waals surface area contributed by atoms with Crippen LogP contribution in [0.1, 0.15) is 85.6 Å². The largest absolute Gasteiger partial charge is 0.459 e. The van der Waals surface area contributed by atoms with Gasteiger partial charge in [0, 0.05) is 32.5 Å². The van der Waals surface area contributed by atoms with Crippen molar-refractivity contribution in [3.05, 3.63) is 36.4 Å². The predicted molar refractivity (Wildman–Crippen MR) is 190 cm³/mol. The van der Waals surface area contributed by atoms with Crippen molar-refractivity contribution >= 4 is 45.1 Å². The van der Waals surface area contributed by atoms with Gasteiger partial charge in [-0.15, -0.1) is 0 Å². The Bertz CT molecular complexity index is 1780. The maximum absolute atomic E-state index is 14.4. The summed E-state index contributed by atoms with van der Waals surface area (Å²) >= 11 is 0. The number of imidazole rings is 1. The number of rotatable bonds is 7. The van der Waals surface area contributed by atoms with Crippen molar-refractivity contribution in [2.45, 2.75) is 115 Å². The summed E-state index contributed by atoms with van der Waals surface area (Å²) in [6, 6.07) is 5.85. The molecule has 2 aromatic rings. The number of amides is 4. The van der Waals surface area contributed by atoms with E-state index in [1.54, 1.807) is 20.8 Å². The van der Waals surface area contributed by atoms with Crippen LogP contribution in [0.25, 0.3) is 11.0 Å². The number of allylic oxidation sites excluding steroid dienone is 1. The predicted octanol–water partition coefficient (Wildman–Crippen LogP) is 3.18. The lowest BCUT2D eigenvalue weighted by molar-refractivity contribution is -0.141. The normalized spacial score (nSPS) is 26.2. The fourth-order valence-corrected chi connectivity index (χ4v) is 7.27. The van der Waals surface area contributed by atoms with Crippen LogP contribution in [0.5, 0.6) is 6.01 Å². The van der Waals surface area contributed by atoms with Gasteiger partial charge in [0.2, 0.25) is 11.8 Å². The summed E-state index contributed by atoms with van der Waals surface area (Å²) < 4.78 is 42.2. The highest BCUT2D eigenvalue weighted by Crippen LogP contribution is 2.46. The van der Waals surface area contributed by atoms with Gasteiger partial charge in [-0.05, 0) is 72.4 Å². The third-order valence-corrected chi connectivity index (χ3v) is 10.8. The Hall–Kier alpha value is -4.18. The number of para-hydroxylation sites is 2. The summed E-state index contributed by atoms with van der Waals surface area (Å²) in [6.07, 6.45) is 5.78. The second-order valence-corrected chi connectivity index (χ2v) is 17.0. The summed E-state index contributed by atoms with van der Waals surface area (Å²) in [4.78, 5) is 61.4. The van der Waals surface area contributed by atoms with Crippen molar-refractivity contribution in [3.8, 4) is 6.01 Å². The molecule has 16 heteroatoms. The van der Waals surface area contributed by atoms with Crippen molar-refractivity contribution in [2.24, 2.45) is 5.92 Å². The molecule has 0 spiro atoms. The highest BCUT2D eigenvalue weighted by atomic mass is 32.2. The molecule has 1 aromatic carbocycles. The first kappa shape index (κ1) is 38.1. The molecule has 5 atom stereocenters. The Morgan fingerprint density at radius 1 is 1.12 bits per heavy atom. The Morgan fingerprint density at radius 2 is 1.84 bits per heavy atom. The van der Waals surface area contributed by atoms with E-state index >= 15 is 0 Å². The molecular weight excluding hydrogens is 678 g/mol. The Balaban J connectivity index is 1.49. The summed E-state index contributed by atoms with van der Waals surface area (Å²) in [5.41, 5.74) is -0.729.